The molecule has 2 rings (SSSR count). The zero-order chi connectivity index (χ0) is 12.6. The first-order valence-electron chi connectivity index (χ1n) is 5.05. The smallest absolute Gasteiger partial charge is 0.432 e. The number of rotatable bonds is 1. The number of carbonyl (C=O) groups excluding carboxylic acids is 1. The molecule has 2 heterocycles. The second kappa shape index (κ2) is 4.06. The third-order valence-electron chi connectivity index (χ3n) is 2.72. The maximum absolute atomic E-state index is 12.8. The number of alkyl halides is 3. The van der Waals surface area contributed by atoms with Crippen LogP contribution >= 0.6 is 0 Å². The normalized spacial score (nSPS) is 15.5. The van der Waals surface area contributed by atoms with Crippen molar-refractivity contribution in [3.8, 4) is 0 Å². The number of aromatic amines is 1. The van der Waals surface area contributed by atoms with Gasteiger partial charge in [0.2, 0.25) is 0 Å². The van der Waals surface area contributed by atoms with Crippen molar-refractivity contribution in [2.75, 3.05) is 13.7 Å². The van der Waals surface area contributed by atoms with Gasteiger partial charge >= 0.3 is 12.1 Å². The first-order chi connectivity index (χ1) is 7.95. The van der Waals surface area contributed by atoms with Gasteiger partial charge in [-0.1, -0.05) is 0 Å². The third-order valence-corrected chi connectivity index (χ3v) is 2.72. The number of methoxy groups -OCH3 is 1. The summed E-state index contributed by atoms with van der Waals surface area (Å²) in [6.07, 6.45) is -4.20. The third kappa shape index (κ3) is 2.02. The average molecular weight is 248 g/mol. The standard InChI is InChI=1S/C10H11F3N2O2/c1-17-9(16)7-5-2-3-14-4-6(5)15-8(7)10(11,12)13/h14-15H,2-4H2,1H3. The number of ether oxygens (including phenoxy) is 1. The van der Waals surface area contributed by atoms with Crippen molar-refractivity contribution in [2.24, 2.45) is 0 Å². The lowest BCUT2D eigenvalue weighted by Crippen LogP contribution is -2.24. The highest BCUT2D eigenvalue weighted by atomic mass is 19.4. The molecule has 0 aliphatic carbocycles. The lowest BCUT2D eigenvalue weighted by atomic mass is 10.0. The number of nitrogens with one attached hydrogen (secondary N) is 2. The Kier molecular flexibility index (Phi) is 2.86. The summed E-state index contributed by atoms with van der Waals surface area (Å²) in [6, 6.07) is 0. The maximum atomic E-state index is 12.8. The van der Waals surface area contributed by atoms with E-state index in [4.69, 9.17) is 0 Å². The first kappa shape index (κ1) is 12.0. The monoisotopic (exact) mass is 248 g/mol. The van der Waals surface area contributed by atoms with Crippen molar-refractivity contribution < 1.29 is 22.7 Å². The van der Waals surface area contributed by atoms with Crippen molar-refractivity contribution in [2.45, 2.75) is 19.1 Å². The van der Waals surface area contributed by atoms with E-state index >= 15 is 0 Å². The number of H-pyrrole nitrogens is 1. The highest BCUT2D eigenvalue weighted by Crippen LogP contribution is 2.35. The van der Waals surface area contributed by atoms with Crippen LogP contribution in [0.3, 0.4) is 0 Å². The Bertz CT molecular complexity index is 451. The van der Waals surface area contributed by atoms with E-state index in [9.17, 15) is 18.0 Å². The molecule has 0 aromatic carbocycles. The fraction of sp³-hybridized carbons (Fsp3) is 0.500. The second-order valence-electron chi connectivity index (χ2n) is 3.75. The SMILES string of the molecule is COC(=O)c1c(C(F)(F)F)[nH]c2c1CCNC2. The predicted octanol–water partition coefficient (Wildman–Crippen LogP) is 1.47. The second-order valence-corrected chi connectivity index (χ2v) is 3.75. The van der Waals surface area contributed by atoms with Gasteiger partial charge < -0.3 is 15.0 Å². The number of aromatic nitrogens is 1. The van der Waals surface area contributed by atoms with Gasteiger partial charge in [0.25, 0.3) is 0 Å². The molecule has 1 aliphatic heterocycles. The molecule has 94 valence electrons. The van der Waals surface area contributed by atoms with Crippen LogP contribution in [0, 0.1) is 0 Å². The van der Waals surface area contributed by atoms with Crippen molar-refractivity contribution in [3.63, 3.8) is 0 Å². The molecule has 0 atom stereocenters. The summed E-state index contributed by atoms with van der Waals surface area (Å²) in [6.45, 7) is 0.849. The molecule has 1 aliphatic rings. The number of carbonyl (C=O) groups is 1. The minimum absolute atomic E-state index is 0.301. The minimum atomic E-state index is -4.58. The minimum Gasteiger partial charge on any atom is -0.465 e. The molecule has 0 fully saturated rings. The van der Waals surface area contributed by atoms with Crippen LogP contribution in [0.25, 0.3) is 0 Å². The van der Waals surface area contributed by atoms with Gasteiger partial charge in [-0.2, -0.15) is 13.2 Å². The first-order valence-corrected chi connectivity index (χ1v) is 5.05. The molecular formula is C10H11F3N2O2. The van der Waals surface area contributed by atoms with E-state index in [2.05, 4.69) is 15.0 Å². The number of halogens is 3. The molecule has 0 unspecified atom stereocenters. The molecule has 0 radical (unpaired) electrons. The summed E-state index contributed by atoms with van der Waals surface area (Å²) < 4.78 is 42.7. The van der Waals surface area contributed by atoms with Crippen molar-refractivity contribution >= 4 is 5.97 Å². The van der Waals surface area contributed by atoms with Crippen LogP contribution in [0.5, 0.6) is 0 Å². The predicted molar refractivity (Wildman–Crippen MR) is 52.5 cm³/mol. The van der Waals surface area contributed by atoms with Crippen LogP contribution in [-0.4, -0.2) is 24.6 Å². The quantitative estimate of drug-likeness (QED) is 0.740. The van der Waals surface area contributed by atoms with E-state index in [0.29, 0.717) is 30.8 Å². The van der Waals surface area contributed by atoms with Crippen LogP contribution in [0.2, 0.25) is 0 Å². The highest BCUT2D eigenvalue weighted by Gasteiger charge is 2.40. The van der Waals surface area contributed by atoms with Gasteiger partial charge in [0, 0.05) is 12.2 Å². The Morgan fingerprint density at radius 1 is 1.41 bits per heavy atom. The molecule has 0 saturated heterocycles. The van der Waals surface area contributed by atoms with E-state index < -0.39 is 17.8 Å². The van der Waals surface area contributed by atoms with Gasteiger partial charge in [-0.05, 0) is 18.5 Å². The van der Waals surface area contributed by atoms with Crippen LogP contribution in [0.4, 0.5) is 13.2 Å². The summed E-state index contributed by atoms with van der Waals surface area (Å²) >= 11 is 0. The lowest BCUT2D eigenvalue weighted by Gasteiger charge is -2.13. The highest BCUT2D eigenvalue weighted by molar-refractivity contribution is 5.93. The molecule has 0 amide bonds. The largest absolute Gasteiger partial charge is 0.465 e. The molecule has 17 heavy (non-hydrogen) atoms. The topological polar surface area (TPSA) is 54.1 Å². The molecule has 1 aromatic heterocycles. The molecule has 1 aromatic rings. The van der Waals surface area contributed by atoms with E-state index in [1.165, 1.54) is 0 Å². The Balaban J connectivity index is 2.59. The summed E-state index contributed by atoms with van der Waals surface area (Å²) in [7, 11) is 1.07. The number of esters is 1. The van der Waals surface area contributed by atoms with Gasteiger partial charge in [0.05, 0.1) is 12.7 Å². The fourth-order valence-electron chi connectivity index (χ4n) is 1.98. The number of hydrogen-bond acceptors (Lipinski definition) is 3. The van der Waals surface area contributed by atoms with Gasteiger partial charge in [-0.3, -0.25) is 0 Å². The maximum Gasteiger partial charge on any atom is 0.432 e. The van der Waals surface area contributed by atoms with E-state index in [-0.39, 0.29) is 5.56 Å². The average Bonchev–Trinajstić information content (AvgIpc) is 2.67. The van der Waals surface area contributed by atoms with Gasteiger partial charge in [0.15, 0.2) is 0 Å². The van der Waals surface area contributed by atoms with Crippen molar-refractivity contribution in [1.29, 1.82) is 0 Å². The Morgan fingerprint density at radius 2 is 2.12 bits per heavy atom. The summed E-state index contributed by atoms with van der Waals surface area (Å²) in [5.74, 6) is -0.947. The van der Waals surface area contributed by atoms with Crippen molar-refractivity contribution in [1.82, 2.24) is 10.3 Å². The van der Waals surface area contributed by atoms with Crippen LogP contribution in [0.1, 0.15) is 27.3 Å². The zero-order valence-electron chi connectivity index (χ0n) is 9.07. The Morgan fingerprint density at radius 3 is 2.71 bits per heavy atom. The molecule has 2 N–H and O–H groups in total. The van der Waals surface area contributed by atoms with Gasteiger partial charge in [-0.25, -0.2) is 4.79 Å². The van der Waals surface area contributed by atoms with E-state index in [0.717, 1.165) is 7.11 Å². The Hall–Kier alpha value is -1.50. The van der Waals surface area contributed by atoms with Crippen LogP contribution < -0.4 is 5.32 Å². The number of fused-ring (bicyclic) bond motifs is 1. The summed E-state index contributed by atoms with van der Waals surface area (Å²) in [5, 5.41) is 2.94. The zero-order valence-corrected chi connectivity index (χ0v) is 9.07. The lowest BCUT2D eigenvalue weighted by molar-refractivity contribution is -0.141. The van der Waals surface area contributed by atoms with Gasteiger partial charge in [-0.15, -0.1) is 0 Å². The molecular weight excluding hydrogens is 237 g/mol. The molecule has 0 spiro atoms. The molecule has 0 saturated carbocycles. The van der Waals surface area contributed by atoms with Crippen LogP contribution in [-0.2, 0) is 23.9 Å². The summed E-state index contributed by atoms with van der Waals surface area (Å²) in [5.41, 5.74) is -0.582. The molecule has 0 bridgehead atoms. The van der Waals surface area contributed by atoms with E-state index in [1.54, 1.807) is 0 Å². The van der Waals surface area contributed by atoms with Gasteiger partial charge in [0.1, 0.15) is 5.69 Å². The van der Waals surface area contributed by atoms with Crippen molar-refractivity contribution in [3.05, 3.63) is 22.5 Å². The molecule has 4 nitrogen and oxygen atoms in total. The summed E-state index contributed by atoms with van der Waals surface area (Å²) in [4.78, 5) is 13.7. The Labute approximate surface area is 95.1 Å². The fourth-order valence-corrected chi connectivity index (χ4v) is 1.98. The molecule has 7 heteroatoms. The van der Waals surface area contributed by atoms with Crippen LogP contribution in [0.15, 0.2) is 0 Å². The number of hydrogen-bond donors (Lipinski definition) is 2. The van der Waals surface area contributed by atoms with E-state index in [1.807, 2.05) is 0 Å².